The molecule has 0 atom stereocenters. The summed E-state index contributed by atoms with van der Waals surface area (Å²) in [6, 6.07) is 9.42. The molecule has 2 heterocycles. The third kappa shape index (κ3) is 5.71. The number of halogens is 1. The van der Waals surface area contributed by atoms with Crippen LogP contribution in [0.25, 0.3) is 22.2 Å². The number of methoxy groups -OCH3 is 1. The van der Waals surface area contributed by atoms with Gasteiger partial charge in [-0.1, -0.05) is 6.07 Å². The minimum Gasteiger partial charge on any atom is -0.493 e. The van der Waals surface area contributed by atoms with Gasteiger partial charge in [0, 0.05) is 53.9 Å². The van der Waals surface area contributed by atoms with Crippen molar-refractivity contribution in [1.82, 2.24) is 15.2 Å². The van der Waals surface area contributed by atoms with Gasteiger partial charge in [0.1, 0.15) is 0 Å². The molecule has 0 unspecified atom stereocenters. The van der Waals surface area contributed by atoms with Crippen LogP contribution in [0.4, 0.5) is 0 Å². The zero-order valence-corrected chi connectivity index (χ0v) is 21.0. The van der Waals surface area contributed by atoms with Crippen LogP contribution < -0.4 is 14.2 Å². The van der Waals surface area contributed by atoms with E-state index in [2.05, 4.69) is 10.3 Å². The van der Waals surface area contributed by atoms with Crippen molar-refractivity contribution >= 4 is 39.3 Å². The van der Waals surface area contributed by atoms with Gasteiger partial charge in [-0.3, -0.25) is 9.69 Å². The van der Waals surface area contributed by atoms with E-state index in [-0.39, 0.29) is 49.6 Å². The number of rotatable bonds is 10. The molecule has 10 nitrogen and oxygen atoms in total. The summed E-state index contributed by atoms with van der Waals surface area (Å²) in [5.74, 6) is -0.110. The molecule has 1 aliphatic rings. The van der Waals surface area contributed by atoms with Crippen LogP contribution in [0.15, 0.2) is 30.3 Å². The Balaban J connectivity index is 0.00000342. The Morgan fingerprint density at radius 2 is 1.83 bits per heavy atom. The maximum absolute atomic E-state index is 12.7. The van der Waals surface area contributed by atoms with Crippen LogP contribution in [0, 0.1) is 0 Å². The normalized spacial score (nSPS) is 13.0. The Hall–Kier alpha value is -2.83. The van der Waals surface area contributed by atoms with Crippen LogP contribution in [0.3, 0.4) is 0 Å². The minimum atomic E-state index is -3.83. The summed E-state index contributed by atoms with van der Waals surface area (Å²) in [4.78, 5) is 18.0. The average Bonchev–Trinajstić information content (AvgIpc) is 3.37. The van der Waals surface area contributed by atoms with Crippen molar-refractivity contribution in [2.75, 3.05) is 39.7 Å². The maximum atomic E-state index is 12.7. The lowest BCUT2D eigenvalue weighted by atomic mass is 9.98. The number of carbonyl (C=O) groups excluding carboxylic acids is 1. The van der Waals surface area contributed by atoms with Crippen LogP contribution in [-0.2, 0) is 23.2 Å². The highest BCUT2D eigenvalue weighted by molar-refractivity contribution is 7.86. The molecule has 190 valence electrons. The average molecular weight is 526 g/mol. The number of aliphatic hydroxyl groups is 2. The van der Waals surface area contributed by atoms with Crippen molar-refractivity contribution in [2.24, 2.45) is 0 Å². The van der Waals surface area contributed by atoms with Crippen LogP contribution >= 0.6 is 12.4 Å². The molecule has 0 bridgehead atoms. The van der Waals surface area contributed by atoms with Crippen molar-refractivity contribution in [3.8, 4) is 22.8 Å². The Bertz CT molecular complexity index is 1330. The molecule has 2 aromatic carbocycles. The van der Waals surface area contributed by atoms with E-state index in [0.717, 1.165) is 22.7 Å². The first kappa shape index (κ1) is 26.8. The predicted octanol–water partition coefficient (Wildman–Crippen LogP) is 1.63. The smallest absolute Gasteiger partial charge is 0.306 e. The zero-order chi connectivity index (χ0) is 24.5. The number of amides is 1. The summed E-state index contributed by atoms with van der Waals surface area (Å²) >= 11 is 0. The number of nitrogens with one attached hydrogen (secondary N) is 2. The molecule has 0 saturated heterocycles. The van der Waals surface area contributed by atoms with Gasteiger partial charge in [-0.05, 0) is 29.8 Å². The van der Waals surface area contributed by atoms with Crippen LogP contribution in [0.1, 0.15) is 21.5 Å². The first-order chi connectivity index (χ1) is 16.2. The highest BCUT2D eigenvalue weighted by Crippen LogP contribution is 2.43. The molecule has 12 heteroatoms. The van der Waals surface area contributed by atoms with Gasteiger partial charge in [-0.15, -0.1) is 12.4 Å². The fourth-order valence-corrected chi connectivity index (χ4v) is 4.71. The van der Waals surface area contributed by atoms with Gasteiger partial charge in [0.05, 0.1) is 32.1 Å². The van der Waals surface area contributed by atoms with E-state index in [0.29, 0.717) is 42.0 Å². The van der Waals surface area contributed by atoms with E-state index in [9.17, 15) is 23.4 Å². The molecular weight excluding hydrogens is 498 g/mol. The van der Waals surface area contributed by atoms with E-state index in [1.54, 1.807) is 6.07 Å². The van der Waals surface area contributed by atoms with Crippen molar-refractivity contribution in [1.29, 1.82) is 0 Å². The van der Waals surface area contributed by atoms with E-state index in [4.69, 9.17) is 8.92 Å². The summed E-state index contributed by atoms with van der Waals surface area (Å²) < 4.78 is 34.2. The van der Waals surface area contributed by atoms with E-state index in [1.165, 1.54) is 7.11 Å². The molecule has 35 heavy (non-hydrogen) atoms. The number of hydrogen-bond donors (Lipinski definition) is 4. The van der Waals surface area contributed by atoms with Gasteiger partial charge in [0.15, 0.2) is 11.5 Å². The molecule has 4 N–H and O–H groups in total. The largest absolute Gasteiger partial charge is 0.493 e. The number of fused-ring (bicyclic) bond motifs is 2. The predicted molar refractivity (Wildman–Crippen MR) is 134 cm³/mol. The Kier molecular flexibility index (Phi) is 8.29. The number of aromatic nitrogens is 1. The van der Waals surface area contributed by atoms with E-state index >= 15 is 0 Å². The zero-order valence-electron chi connectivity index (χ0n) is 19.3. The number of hydrogen-bond acceptors (Lipinski definition) is 8. The second-order valence-corrected chi connectivity index (χ2v) is 9.68. The topological polar surface area (TPSA) is 141 Å². The third-order valence-electron chi connectivity index (χ3n) is 5.67. The lowest BCUT2D eigenvalue weighted by molar-refractivity contribution is 0.0966. The number of aliphatic hydroxyl groups excluding tert-OH is 2. The summed E-state index contributed by atoms with van der Waals surface area (Å²) in [7, 11) is -2.42. The second-order valence-electron chi connectivity index (χ2n) is 8.11. The highest BCUT2D eigenvalue weighted by atomic mass is 35.5. The van der Waals surface area contributed by atoms with Crippen LogP contribution in [0.2, 0.25) is 0 Å². The lowest BCUT2D eigenvalue weighted by Gasteiger charge is -2.20. The maximum Gasteiger partial charge on any atom is 0.306 e. The molecule has 1 amide bonds. The fraction of sp³-hybridized carbons (Fsp3) is 0.348. The summed E-state index contributed by atoms with van der Waals surface area (Å²) in [5.41, 5.74) is 3.88. The third-order valence-corrected chi connectivity index (χ3v) is 6.14. The molecular formula is C23H28ClN3O7S. The summed E-state index contributed by atoms with van der Waals surface area (Å²) in [5, 5.41) is 22.2. The molecule has 0 spiro atoms. The van der Waals surface area contributed by atoms with Gasteiger partial charge < -0.3 is 29.4 Å². The molecule has 0 aliphatic carbocycles. The van der Waals surface area contributed by atoms with Crippen LogP contribution in [-0.4, -0.2) is 74.1 Å². The first-order valence-electron chi connectivity index (χ1n) is 10.7. The summed E-state index contributed by atoms with van der Waals surface area (Å²) in [6.07, 6.45) is 0.939. The molecule has 4 rings (SSSR count). The van der Waals surface area contributed by atoms with Gasteiger partial charge in [0.2, 0.25) is 0 Å². The number of benzene rings is 2. The number of aromatic amines is 1. The number of H-pyrrole nitrogens is 1. The van der Waals surface area contributed by atoms with Gasteiger partial charge in [-0.2, -0.15) is 8.42 Å². The Labute approximate surface area is 209 Å². The number of ether oxygens (including phenoxy) is 1. The fourth-order valence-electron chi connectivity index (χ4n) is 4.22. The van der Waals surface area contributed by atoms with Gasteiger partial charge in [0.25, 0.3) is 5.91 Å². The molecule has 0 radical (unpaired) electrons. The van der Waals surface area contributed by atoms with Crippen molar-refractivity contribution in [3.05, 3.63) is 47.0 Å². The highest BCUT2D eigenvalue weighted by Gasteiger charge is 2.31. The first-order valence-corrected chi connectivity index (χ1v) is 12.5. The summed E-state index contributed by atoms with van der Waals surface area (Å²) in [6.45, 7) is 1.62. The van der Waals surface area contributed by atoms with Gasteiger partial charge >= 0.3 is 10.1 Å². The quantitative estimate of drug-likeness (QED) is 0.293. The molecule has 0 fully saturated rings. The standard InChI is InChI=1S/C23H27N3O7S.ClH/c1-32-20-11-16(21-17(12-24-23(21)29)22(20)33-34(2,30)31)19-10-15-9-14(3-4-18(15)25-19)13-26(5-7-27)6-8-28;/h3-4,9-11,25,27-28H,5-8,12-13H2,1-2H3,(H,24,29);1H. The SMILES string of the molecule is COc1cc(-c2cc3cc(CN(CCO)CCO)ccc3[nH]2)c2c(c1OS(C)(=O)=O)CNC2=O.Cl. The number of nitrogens with zero attached hydrogens (tertiary/aromatic N) is 1. The van der Waals surface area contributed by atoms with Crippen molar-refractivity contribution in [3.63, 3.8) is 0 Å². The molecule has 1 aliphatic heterocycles. The molecule has 1 aromatic heterocycles. The Morgan fingerprint density at radius 3 is 2.46 bits per heavy atom. The van der Waals surface area contributed by atoms with Gasteiger partial charge in [-0.25, -0.2) is 0 Å². The van der Waals surface area contributed by atoms with Crippen molar-refractivity contribution < 1.29 is 32.3 Å². The Morgan fingerprint density at radius 1 is 1.11 bits per heavy atom. The van der Waals surface area contributed by atoms with Crippen molar-refractivity contribution in [2.45, 2.75) is 13.1 Å². The van der Waals surface area contributed by atoms with Crippen LogP contribution in [0.5, 0.6) is 11.5 Å². The second kappa shape index (κ2) is 10.8. The molecule has 3 aromatic rings. The minimum absolute atomic E-state index is 0. The van der Waals surface area contributed by atoms with E-state index in [1.807, 2.05) is 29.2 Å². The lowest BCUT2D eigenvalue weighted by Crippen LogP contribution is -2.29. The monoisotopic (exact) mass is 525 g/mol. The van der Waals surface area contributed by atoms with E-state index < -0.39 is 10.1 Å². The number of carbonyl (C=O) groups is 1. The molecule has 0 saturated carbocycles.